The number of hydrogen-bond donors (Lipinski definition) is 0. The van der Waals surface area contributed by atoms with Gasteiger partial charge in [-0.15, -0.1) is 0 Å². The zero-order chi connectivity index (χ0) is 10.1. The maximum atomic E-state index is 13.0. The van der Waals surface area contributed by atoms with Crippen molar-refractivity contribution in [3.8, 4) is 0 Å². The molecule has 0 radical (unpaired) electrons. The van der Waals surface area contributed by atoms with E-state index in [0.29, 0.717) is 12.0 Å². The molecule has 1 aliphatic carbocycles. The van der Waals surface area contributed by atoms with Crippen LogP contribution in [0, 0.1) is 5.82 Å². The highest BCUT2D eigenvalue weighted by Gasteiger charge is 2.21. The summed E-state index contributed by atoms with van der Waals surface area (Å²) in [6, 6.07) is 4.45. The highest BCUT2D eigenvalue weighted by Crippen LogP contribution is 2.34. The minimum absolute atomic E-state index is 0.0569. The number of benzene rings is 1. The Bertz CT molecular complexity index is 376. The lowest BCUT2D eigenvalue weighted by atomic mass is 10.0. The lowest BCUT2D eigenvalue weighted by Crippen LogP contribution is -2.01. The predicted octanol–water partition coefficient (Wildman–Crippen LogP) is 3.63. The quantitative estimate of drug-likeness (QED) is 0.512. The van der Waals surface area contributed by atoms with E-state index in [1.807, 2.05) is 0 Å². The van der Waals surface area contributed by atoms with Gasteiger partial charge in [0.1, 0.15) is 5.82 Å². The van der Waals surface area contributed by atoms with Gasteiger partial charge in [0.15, 0.2) is 5.78 Å². The number of carbonyl (C=O) groups is 1. The van der Waals surface area contributed by atoms with Crippen molar-refractivity contribution in [2.24, 2.45) is 0 Å². The molecule has 0 bridgehead atoms. The van der Waals surface area contributed by atoms with Crippen LogP contribution in [0.1, 0.15) is 40.0 Å². The van der Waals surface area contributed by atoms with E-state index in [0.717, 1.165) is 18.4 Å². The first-order valence-corrected chi connectivity index (χ1v) is 5.57. The molecule has 1 atom stereocenters. The highest BCUT2D eigenvalue weighted by atomic mass is 79.9. The van der Waals surface area contributed by atoms with Crippen molar-refractivity contribution in [2.75, 3.05) is 0 Å². The molecule has 0 aliphatic heterocycles. The molecule has 0 saturated heterocycles. The van der Waals surface area contributed by atoms with Crippen molar-refractivity contribution in [2.45, 2.75) is 24.1 Å². The summed E-state index contributed by atoms with van der Waals surface area (Å²) < 4.78 is 13.0. The van der Waals surface area contributed by atoms with E-state index < -0.39 is 0 Å². The van der Waals surface area contributed by atoms with Gasteiger partial charge in [0.2, 0.25) is 0 Å². The van der Waals surface area contributed by atoms with Gasteiger partial charge in [0.25, 0.3) is 0 Å². The van der Waals surface area contributed by atoms with E-state index in [-0.39, 0.29) is 16.4 Å². The molecule has 1 unspecified atom stereocenters. The molecule has 0 spiro atoms. The van der Waals surface area contributed by atoms with Crippen molar-refractivity contribution in [1.29, 1.82) is 0 Å². The monoisotopic (exact) mass is 256 g/mol. The van der Waals surface area contributed by atoms with Crippen LogP contribution in [0.3, 0.4) is 0 Å². The van der Waals surface area contributed by atoms with Crippen molar-refractivity contribution < 1.29 is 9.18 Å². The molecule has 74 valence electrons. The third kappa shape index (κ3) is 1.73. The SMILES string of the molecule is O=C1CCCC(Br)c2ccc(F)cc21. The summed E-state index contributed by atoms with van der Waals surface area (Å²) in [4.78, 5) is 11.8. The van der Waals surface area contributed by atoms with Gasteiger partial charge >= 0.3 is 0 Å². The Labute approximate surface area is 90.4 Å². The molecule has 1 aromatic carbocycles. The molecule has 14 heavy (non-hydrogen) atoms. The normalized spacial score (nSPS) is 21.6. The van der Waals surface area contributed by atoms with E-state index in [4.69, 9.17) is 0 Å². The lowest BCUT2D eigenvalue weighted by Gasteiger charge is -2.09. The van der Waals surface area contributed by atoms with Crippen LogP contribution >= 0.6 is 15.9 Å². The number of Topliss-reactive ketones (excluding diaryl/α,β-unsaturated/α-hetero) is 1. The Morgan fingerprint density at radius 3 is 3.00 bits per heavy atom. The Hall–Kier alpha value is -0.700. The van der Waals surface area contributed by atoms with Gasteiger partial charge in [0, 0.05) is 16.8 Å². The molecule has 1 aliphatic rings. The number of ketones is 1. The second kappa shape index (κ2) is 3.81. The van der Waals surface area contributed by atoms with Gasteiger partial charge in [-0.25, -0.2) is 4.39 Å². The summed E-state index contributed by atoms with van der Waals surface area (Å²) in [5.41, 5.74) is 1.47. The minimum atomic E-state index is -0.335. The van der Waals surface area contributed by atoms with Crippen LogP contribution in [0.5, 0.6) is 0 Å². The number of carbonyl (C=O) groups excluding carboxylic acids is 1. The van der Waals surface area contributed by atoms with Gasteiger partial charge in [-0.05, 0) is 30.5 Å². The average Bonchev–Trinajstić information content (AvgIpc) is 2.28. The molecule has 1 nitrogen and oxygen atoms in total. The highest BCUT2D eigenvalue weighted by molar-refractivity contribution is 9.09. The van der Waals surface area contributed by atoms with Crippen LogP contribution in [0.15, 0.2) is 18.2 Å². The standard InChI is InChI=1S/C11H10BrFO/c12-10-2-1-3-11(14)9-6-7(13)4-5-8(9)10/h4-6,10H,1-3H2. The second-order valence-corrected chi connectivity index (χ2v) is 4.62. The maximum Gasteiger partial charge on any atom is 0.163 e. The third-order valence-electron chi connectivity index (χ3n) is 2.51. The van der Waals surface area contributed by atoms with Crippen LogP contribution in [-0.2, 0) is 0 Å². The van der Waals surface area contributed by atoms with E-state index in [1.54, 1.807) is 6.07 Å². The van der Waals surface area contributed by atoms with E-state index in [2.05, 4.69) is 15.9 Å². The summed E-state index contributed by atoms with van der Waals surface area (Å²) in [6.07, 6.45) is 2.33. The topological polar surface area (TPSA) is 17.1 Å². The fourth-order valence-electron chi connectivity index (χ4n) is 1.78. The van der Waals surface area contributed by atoms with Gasteiger partial charge < -0.3 is 0 Å². The van der Waals surface area contributed by atoms with E-state index in [1.165, 1.54) is 12.1 Å². The second-order valence-electron chi connectivity index (χ2n) is 3.51. The number of rotatable bonds is 0. The zero-order valence-electron chi connectivity index (χ0n) is 7.59. The minimum Gasteiger partial charge on any atom is -0.294 e. The summed E-state index contributed by atoms with van der Waals surface area (Å²) in [7, 11) is 0. The molecule has 0 heterocycles. The smallest absolute Gasteiger partial charge is 0.163 e. The Morgan fingerprint density at radius 1 is 1.43 bits per heavy atom. The van der Waals surface area contributed by atoms with Crippen molar-refractivity contribution in [1.82, 2.24) is 0 Å². The summed E-state index contributed by atoms with van der Waals surface area (Å²) in [5.74, 6) is -0.278. The Morgan fingerprint density at radius 2 is 2.21 bits per heavy atom. The fourth-order valence-corrected chi connectivity index (χ4v) is 2.50. The first kappa shape index (κ1) is 9.84. The molecular weight excluding hydrogens is 247 g/mol. The van der Waals surface area contributed by atoms with Gasteiger partial charge in [-0.3, -0.25) is 4.79 Å². The lowest BCUT2D eigenvalue weighted by molar-refractivity contribution is 0.0981. The number of hydrogen-bond acceptors (Lipinski definition) is 1. The molecule has 0 aromatic heterocycles. The Kier molecular flexibility index (Phi) is 2.68. The van der Waals surface area contributed by atoms with Gasteiger partial charge in [-0.1, -0.05) is 22.0 Å². The molecule has 3 heteroatoms. The molecule has 1 aromatic rings. The third-order valence-corrected chi connectivity index (χ3v) is 3.47. The molecule has 0 N–H and O–H groups in total. The predicted molar refractivity (Wildman–Crippen MR) is 56.2 cm³/mol. The number of alkyl halides is 1. The van der Waals surface area contributed by atoms with Crippen molar-refractivity contribution in [3.63, 3.8) is 0 Å². The Balaban J connectivity index is 2.54. The first-order chi connectivity index (χ1) is 6.68. The van der Waals surface area contributed by atoms with Crippen LogP contribution in [0.25, 0.3) is 0 Å². The first-order valence-electron chi connectivity index (χ1n) is 4.65. The summed E-state index contributed by atoms with van der Waals surface area (Å²) in [6.45, 7) is 0. The molecule has 0 amide bonds. The van der Waals surface area contributed by atoms with Gasteiger partial charge in [-0.2, -0.15) is 0 Å². The van der Waals surface area contributed by atoms with Crippen LogP contribution < -0.4 is 0 Å². The largest absolute Gasteiger partial charge is 0.294 e. The molecular formula is C11H10BrFO. The zero-order valence-corrected chi connectivity index (χ0v) is 9.18. The fraction of sp³-hybridized carbons (Fsp3) is 0.364. The van der Waals surface area contributed by atoms with Crippen molar-refractivity contribution in [3.05, 3.63) is 35.1 Å². The summed E-state index contributed by atoms with van der Waals surface area (Å²) in [5, 5.41) is 0. The molecule has 2 rings (SSSR count). The van der Waals surface area contributed by atoms with E-state index >= 15 is 0 Å². The van der Waals surface area contributed by atoms with E-state index in [9.17, 15) is 9.18 Å². The van der Waals surface area contributed by atoms with Crippen LogP contribution in [0.2, 0.25) is 0 Å². The average molecular weight is 257 g/mol. The van der Waals surface area contributed by atoms with Crippen LogP contribution in [-0.4, -0.2) is 5.78 Å². The molecule has 0 fully saturated rings. The van der Waals surface area contributed by atoms with Crippen LogP contribution in [0.4, 0.5) is 4.39 Å². The number of fused-ring (bicyclic) bond motifs is 1. The molecule has 0 saturated carbocycles. The van der Waals surface area contributed by atoms with Gasteiger partial charge in [0.05, 0.1) is 0 Å². The number of halogens is 2. The summed E-state index contributed by atoms with van der Waals surface area (Å²) >= 11 is 3.51. The maximum absolute atomic E-state index is 13.0. The van der Waals surface area contributed by atoms with Crippen molar-refractivity contribution >= 4 is 21.7 Å².